The predicted molar refractivity (Wildman–Crippen MR) is 124 cm³/mol. The molecule has 1 aromatic heterocycles. The minimum absolute atomic E-state index is 0.139. The molecule has 0 saturated carbocycles. The molecule has 0 spiro atoms. The van der Waals surface area contributed by atoms with Crippen molar-refractivity contribution in [1.29, 1.82) is 0 Å². The summed E-state index contributed by atoms with van der Waals surface area (Å²) in [7, 11) is -3.36. The van der Waals surface area contributed by atoms with Gasteiger partial charge in [0, 0.05) is 48.9 Å². The van der Waals surface area contributed by atoms with Gasteiger partial charge in [-0.05, 0) is 45.9 Å². The second-order valence-electron chi connectivity index (χ2n) is 7.99. The van der Waals surface area contributed by atoms with Crippen LogP contribution in [-0.2, 0) is 10.0 Å². The first-order valence-corrected chi connectivity index (χ1v) is 12.8. The van der Waals surface area contributed by atoms with Crippen molar-refractivity contribution in [2.75, 3.05) is 31.5 Å². The highest BCUT2D eigenvalue weighted by atomic mass is 32.2. The molecule has 1 N–H and O–H groups in total. The zero-order valence-electron chi connectivity index (χ0n) is 18.6. The van der Waals surface area contributed by atoms with E-state index in [1.54, 1.807) is 42.5 Å². The van der Waals surface area contributed by atoms with E-state index in [0.717, 1.165) is 0 Å². The van der Waals surface area contributed by atoms with Crippen molar-refractivity contribution in [3.8, 4) is 5.75 Å². The summed E-state index contributed by atoms with van der Waals surface area (Å²) in [5.74, 6) is -0.253. The molecule has 0 unspecified atom stereocenters. The summed E-state index contributed by atoms with van der Waals surface area (Å²) in [5.41, 5.74) is 0.593. The Morgan fingerprint density at radius 1 is 1.06 bits per heavy atom. The second kappa shape index (κ2) is 9.97. The van der Waals surface area contributed by atoms with Gasteiger partial charge in [0.25, 0.3) is 11.8 Å². The Morgan fingerprint density at radius 3 is 2.28 bits per heavy atom. The third kappa shape index (κ3) is 5.64. The maximum Gasteiger partial charge on any atom is 0.257 e. The van der Waals surface area contributed by atoms with Gasteiger partial charge in [-0.2, -0.15) is 4.31 Å². The van der Waals surface area contributed by atoms with Crippen molar-refractivity contribution < 1.29 is 22.7 Å². The van der Waals surface area contributed by atoms with E-state index in [2.05, 4.69) is 10.3 Å². The lowest BCUT2D eigenvalue weighted by atomic mass is 10.1. The Kier molecular flexibility index (Phi) is 7.52. The Balaban J connectivity index is 1.80. The normalized spacial score (nSPS) is 15.2. The van der Waals surface area contributed by atoms with Crippen molar-refractivity contribution in [2.45, 2.75) is 39.0 Å². The van der Waals surface area contributed by atoms with Crippen LogP contribution in [0, 0.1) is 0 Å². The summed E-state index contributed by atoms with van der Waals surface area (Å²) >= 11 is 1.29. The van der Waals surface area contributed by atoms with E-state index in [-0.39, 0.29) is 43.8 Å². The van der Waals surface area contributed by atoms with Crippen LogP contribution < -0.4 is 10.1 Å². The van der Waals surface area contributed by atoms with Crippen LogP contribution in [-0.4, -0.2) is 72.0 Å². The average Bonchev–Trinajstić information content (AvgIpc) is 3.25. The second-order valence-corrected chi connectivity index (χ2v) is 11.4. The first-order chi connectivity index (χ1) is 15.1. The Morgan fingerprint density at radius 2 is 1.72 bits per heavy atom. The number of benzene rings is 1. The van der Waals surface area contributed by atoms with Crippen LogP contribution in [0.3, 0.4) is 0 Å². The number of aromatic nitrogens is 1. The number of thiazole rings is 1. The quantitative estimate of drug-likeness (QED) is 0.653. The highest BCUT2D eigenvalue weighted by molar-refractivity contribution is 7.89. The van der Waals surface area contributed by atoms with Gasteiger partial charge >= 0.3 is 0 Å². The molecule has 0 aliphatic carbocycles. The molecule has 0 atom stereocenters. The maximum atomic E-state index is 13.2. The topological polar surface area (TPSA) is 109 Å². The smallest absolute Gasteiger partial charge is 0.257 e. The van der Waals surface area contributed by atoms with Crippen molar-refractivity contribution in [1.82, 2.24) is 14.2 Å². The fourth-order valence-corrected chi connectivity index (χ4v) is 5.07. The van der Waals surface area contributed by atoms with Crippen LogP contribution in [0.1, 0.15) is 48.4 Å². The highest BCUT2D eigenvalue weighted by Gasteiger charge is 2.31. The number of rotatable bonds is 7. The highest BCUT2D eigenvalue weighted by Crippen LogP contribution is 2.23. The number of nitrogens with zero attached hydrogens (tertiary/aromatic N) is 3. The zero-order chi connectivity index (χ0) is 23.5. The molecule has 1 aromatic carbocycles. The van der Waals surface area contributed by atoms with Gasteiger partial charge in [-0.3, -0.25) is 14.9 Å². The van der Waals surface area contributed by atoms with Crippen LogP contribution in [0.5, 0.6) is 5.75 Å². The van der Waals surface area contributed by atoms with E-state index in [1.165, 1.54) is 21.7 Å². The SMILES string of the molecule is CC(C)Oc1cc(C(=O)Nc2nccs2)cc(C(=O)N2CCN(S(=O)(=O)C(C)C)CC2)c1. The molecule has 0 bridgehead atoms. The number of nitrogens with one attached hydrogen (secondary N) is 1. The maximum absolute atomic E-state index is 13.2. The predicted octanol–water partition coefficient (Wildman–Crippen LogP) is 2.68. The molecule has 174 valence electrons. The fourth-order valence-electron chi connectivity index (χ4n) is 3.27. The molecule has 1 aliphatic heterocycles. The van der Waals surface area contributed by atoms with Gasteiger partial charge in [-0.25, -0.2) is 13.4 Å². The third-order valence-electron chi connectivity index (χ3n) is 4.92. The number of carbonyl (C=O) groups excluding carboxylic acids is 2. The van der Waals surface area contributed by atoms with Crippen LogP contribution in [0.4, 0.5) is 5.13 Å². The van der Waals surface area contributed by atoms with Crippen molar-refractivity contribution in [3.05, 3.63) is 40.9 Å². The van der Waals surface area contributed by atoms with Gasteiger partial charge in [0.15, 0.2) is 5.13 Å². The summed E-state index contributed by atoms with van der Waals surface area (Å²) < 4.78 is 32.0. The van der Waals surface area contributed by atoms with Crippen molar-refractivity contribution >= 4 is 38.3 Å². The standard InChI is InChI=1S/C21H28N4O5S2/c1-14(2)30-18-12-16(19(26)23-21-22-5-10-31-21)11-17(13-18)20(27)24-6-8-25(9-7-24)32(28,29)15(3)4/h5,10-15H,6-9H2,1-4H3,(H,22,23,26). The van der Waals surface area contributed by atoms with Crippen LogP contribution in [0.15, 0.2) is 29.8 Å². The lowest BCUT2D eigenvalue weighted by Gasteiger charge is -2.35. The molecule has 0 radical (unpaired) electrons. The molecule has 1 saturated heterocycles. The lowest BCUT2D eigenvalue weighted by molar-refractivity contribution is 0.0697. The van der Waals surface area contributed by atoms with Gasteiger partial charge in [0.2, 0.25) is 10.0 Å². The number of amides is 2. The summed E-state index contributed by atoms with van der Waals surface area (Å²) in [4.78, 5) is 31.5. The van der Waals surface area contributed by atoms with Crippen LogP contribution >= 0.6 is 11.3 Å². The molecule has 1 aliphatic rings. The van der Waals surface area contributed by atoms with Crippen LogP contribution in [0.25, 0.3) is 0 Å². The van der Waals surface area contributed by atoms with E-state index in [4.69, 9.17) is 4.74 Å². The van der Waals surface area contributed by atoms with E-state index in [0.29, 0.717) is 16.4 Å². The molecule has 11 heteroatoms. The number of carbonyl (C=O) groups is 2. The average molecular weight is 481 g/mol. The molecule has 2 aromatic rings. The first kappa shape index (κ1) is 24.1. The Bertz CT molecular complexity index is 1060. The third-order valence-corrected chi connectivity index (χ3v) is 7.89. The molecule has 32 heavy (non-hydrogen) atoms. The molecule has 3 rings (SSSR count). The molecular weight excluding hydrogens is 452 g/mol. The summed E-state index contributed by atoms with van der Waals surface area (Å²) in [5, 5.41) is 4.42. The molecule has 9 nitrogen and oxygen atoms in total. The summed E-state index contributed by atoms with van der Waals surface area (Å²) in [6, 6.07) is 4.72. The van der Waals surface area contributed by atoms with Gasteiger partial charge < -0.3 is 9.64 Å². The van der Waals surface area contributed by atoms with E-state index >= 15 is 0 Å². The Hall–Kier alpha value is -2.50. The number of hydrogen-bond acceptors (Lipinski definition) is 7. The van der Waals surface area contributed by atoms with Crippen LogP contribution in [0.2, 0.25) is 0 Å². The van der Waals surface area contributed by atoms with Crippen molar-refractivity contribution in [3.63, 3.8) is 0 Å². The van der Waals surface area contributed by atoms with E-state index < -0.39 is 21.2 Å². The van der Waals surface area contributed by atoms with Gasteiger partial charge in [-0.1, -0.05) is 0 Å². The first-order valence-electron chi connectivity index (χ1n) is 10.4. The fraction of sp³-hybridized carbons (Fsp3) is 0.476. The number of piperazine rings is 1. The monoisotopic (exact) mass is 480 g/mol. The molecule has 1 fully saturated rings. The zero-order valence-corrected chi connectivity index (χ0v) is 20.2. The van der Waals surface area contributed by atoms with Gasteiger partial charge in [-0.15, -0.1) is 11.3 Å². The number of hydrogen-bond donors (Lipinski definition) is 1. The molecule has 2 amide bonds. The lowest BCUT2D eigenvalue weighted by Crippen LogP contribution is -2.52. The number of sulfonamides is 1. The Labute approximate surface area is 192 Å². The molecular formula is C21H28N4O5S2. The van der Waals surface area contributed by atoms with Crippen molar-refractivity contribution in [2.24, 2.45) is 0 Å². The minimum Gasteiger partial charge on any atom is -0.491 e. The largest absolute Gasteiger partial charge is 0.491 e. The summed E-state index contributed by atoms with van der Waals surface area (Å²) in [6.45, 7) is 8.05. The van der Waals surface area contributed by atoms with E-state index in [9.17, 15) is 18.0 Å². The molecule has 2 heterocycles. The minimum atomic E-state index is -3.36. The van der Waals surface area contributed by atoms with Gasteiger partial charge in [0.1, 0.15) is 5.75 Å². The number of anilines is 1. The van der Waals surface area contributed by atoms with Gasteiger partial charge in [0.05, 0.1) is 11.4 Å². The number of ether oxygens (including phenoxy) is 1. The summed E-state index contributed by atoms with van der Waals surface area (Å²) in [6.07, 6.45) is 1.45. The van der Waals surface area contributed by atoms with E-state index in [1.807, 2.05) is 13.8 Å².